The third kappa shape index (κ3) is 6.67. The maximum atomic E-state index is 9.52. The Hall–Kier alpha value is -1.49. The summed E-state index contributed by atoms with van der Waals surface area (Å²) in [5.74, 6) is 2.32. The van der Waals surface area contributed by atoms with Crippen LogP contribution in [0.15, 0.2) is 18.2 Å². The molecular weight excluding hydrogens is 318 g/mol. The summed E-state index contributed by atoms with van der Waals surface area (Å²) < 4.78 is 5.90. The molecule has 0 spiro atoms. The number of nitriles is 1. The molecule has 0 N–H and O–H groups in total. The summed E-state index contributed by atoms with van der Waals surface area (Å²) in [5.41, 5.74) is 2.05. The molecule has 26 heavy (non-hydrogen) atoms. The Balaban J connectivity index is 1.81. The predicted molar refractivity (Wildman–Crippen MR) is 110 cm³/mol. The fraction of sp³-hybridized carbons (Fsp3) is 0.708. The fourth-order valence-electron chi connectivity index (χ4n) is 4.27. The quantitative estimate of drug-likeness (QED) is 0.388. The van der Waals surface area contributed by atoms with Crippen molar-refractivity contribution in [3.63, 3.8) is 0 Å². The molecule has 1 aromatic rings. The van der Waals surface area contributed by atoms with Crippen molar-refractivity contribution in [3.8, 4) is 11.8 Å². The lowest BCUT2D eigenvalue weighted by Gasteiger charge is -2.28. The van der Waals surface area contributed by atoms with Crippen LogP contribution in [-0.4, -0.2) is 6.61 Å². The molecule has 1 aromatic carbocycles. The average Bonchev–Trinajstić information content (AvgIpc) is 2.68. The van der Waals surface area contributed by atoms with E-state index < -0.39 is 0 Å². The first-order chi connectivity index (χ1) is 12.8. The van der Waals surface area contributed by atoms with Gasteiger partial charge in [0.25, 0.3) is 0 Å². The van der Waals surface area contributed by atoms with E-state index >= 15 is 0 Å². The van der Waals surface area contributed by atoms with Crippen LogP contribution < -0.4 is 4.74 Å². The van der Waals surface area contributed by atoms with Gasteiger partial charge in [-0.05, 0) is 61.6 Å². The molecule has 1 aliphatic rings. The van der Waals surface area contributed by atoms with E-state index in [-0.39, 0.29) is 0 Å². The molecule has 1 saturated carbocycles. The molecule has 0 radical (unpaired) electrons. The van der Waals surface area contributed by atoms with Gasteiger partial charge >= 0.3 is 0 Å². The van der Waals surface area contributed by atoms with E-state index in [1.54, 1.807) is 0 Å². The van der Waals surface area contributed by atoms with Gasteiger partial charge in [0.2, 0.25) is 0 Å². The van der Waals surface area contributed by atoms with Gasteiger partial charge in [-0.2, -0.15) is 5.26 Å². The van der Waals surface area contributed by atoms with E-state index in [4.69, 9.17) is 4.74 Å². The zero-order valence-electron chi connectivity index (χ0n) is 16.9. The van der Waals surface area contributed by atoms with Gasteiger partial charge in [0, 0.05) is 0 Å². The van der Waals surface area contributed by atoms with Gasteiger partial charge in [0.05, 0.1) is 12.2 Å². The third-order valence-electron chi connectivity index (χ3n) is 5.89. The molecule has 0 bridgehead atoms. The van der Waals surface area contributed by atoms with Crippen LogP contribution >= 0.6 is 0 Å². The highest BCUT2D eigenvalue weighted by atomic mass is 16.5. The monoisotopic (exact) mass is 355 g/mol. The lowest BCUT2D eigenvalue weighted by Crippen LogP contribution is -2.13. The van der Waals surface area contributed by atoms with Crippen molar-refractivity contribution in [2.75, 3.05) is 6.61 Å². The van der Waals surface area contributed by atoms with Crippen molar-refractivity contribution in [1.29, 1.82) is 5.26 Å². The fourth-order valence-corrected chi connectivity index (χ4v) is 4.27. The van der Waals surface area contributed by atoms with Crippen molar-refractivity contribution in [1.82, 2.24) is 0 Å². The third-order valence-corrected chi connectivity index (χ3v) is 5.89. The second-order valence-corrected chi connectivity index (χ2v) is 7.99. The highest BCUT2D eigenvalue weighted by Gasteiger charge is 2.22. The van der Waals surface area contributed by atoms with E-state index in [2.05, 4.69) is 32.0 Å². The first kappa shape index (κ1) is 20.8. The second-order valence-electron chi connectivity index (χ2n) is 7.99. The van der Waals surface area contributed by atoms with Crippen LogP contribution in [0.1, 0.15) is 108 Å². The summed E-state index contributed by atoms with van der Waals surface area (Å²) in [7, 11) is 0. The van der Waals surface area contributed by atoms with Gasteiger partial charge in [-0.25, -0.2) is 0 Å². The molecule has 144 valence electrons. The molecule has 2 heteroatoms. The van der Waals surface area contributed by atoms with Crippen molar-refractivity contribution in [2.24, 2.45) is 5.92 Å². The highest BCUT2D eigenvalue weighted by molar-refractivity contribution is 5.46. The SMILES string of the molecule is CCCCCCCCOc1ccc(C2CCC(CCC)CC2)cc1C#N. The Morgan fingerprint density at radius 1 is 0.962 bits per heavy atom. The summed E-state index contributed by atoms with van der Waals surface area (Å²) in [6.07, 6.45) is 15.5. The van der Waals surface area contributed by atoms with Crippen molar-refractivity contribution >= 4 is 0 Å². The molecular formula is C24H37NO. The summed E-state index contributed by atoms with van der Waals surface area (Å²) in [6.45, 7) is 5.25. The van der Waals surface area contributed by atoms with Crippen LogP contribution in [0.25, 0.3) is 0 Å². The van der Waals surface area contributed by atoms with E-state index in [1.165, 1.54) is 76.2 Å². The Labute approximate surface area is 161 Å². The molecule has 0 saturated heterocycles. The maximum Gasteiger partial charge on any atom is 0.137 e. The Morgan fingerprint density at radius 2 is 1.69 bits per heavy atom. The van der Waals surface area contributed by atoms with Crippen LogP contribution in [0.5, 0.6) is 5.75 Å². The minimum absolute atomic E-state index is 0.628. The second kappa shape index (κ2) is 12.0. The van der Waals surface area contributed by atoms with Crippen LogP contribution in [0.4, 0.5) is 0 Å². The van der Waals surface area contributed by atoms with Crippen LogP contribution in [0.3, 0.4) is 0 Å². The normalized spacial score (nSPS) is 19.9. The number of ether oxygens (including phenoxy) is 1. The standard InChI is InChI=1S/C24H37NO/c1-3-5-6-7-8-9-17-26-24-16-15-22(18-23(24)19-25)21-13-11-20(10-4-2)12-14-21/h15-16,18,20-21H,3-14,17H2,1-2H3. The topological polar surface area (TPSA) is 33.0 Å². The maximum absolute atomic E-state index is 9.52. The van der Waals surface area contributed by atoms with Crippen LogP contribution in [-0.2, 0) is 0 Å². The first-order valence-corrected chi connectivity index (χ1v) is 10.9. The number of rotatable bonds is 11. The van der Waals surface area contributed by atoms with Crippen molar-refractivity contribution in [2.45, 2.75) is 96.8 Å². The van der Waals surface area contributed by atoms with Crippen LogP contribution in [0, 0.1) is 17.2 Å². The van der Waals surface area contributed by atoms with Gasteiger partial charge in [0.1, 0.15) is 11.8 Å². The number of nitrogens with zero attached hydrogens (tertiary/aromatic N) is 1. The first-order valence-electron chi connectivity index (χ1n) is 10.9. The van der Waals surface area contributed by atoms with Crippen LogP contribution in [0.2, 0.25) is 0 Å². The lowest BCUT2D eigenvalue weighted by molar-refractivity contribution is 0.301. The molecule has 0 unspecified atom stereocenters. The highest BCUT2D eigenvalue weighted by Crippen LogP contribution is 2.38. The zero-order chi connectivity index (χ0) is 18.6. The van der Waals surface area contributed by atoms with Crippen molar-refractivity contribution in [3.05, 3.63) is 29.3 Å². The smallest absolute Gasteiger partial charge is 0.137 e. The summed E-state index contributed by atoms with van der Waals surface area (Å²) >= 11 is 0. The number of benzene rings is 1. The number of hydrogen-bond donors (Lipinski definition) is 0. The number of unbranched alkanes of at least 4 members (excludes halogenated alkanes) is 5. The summed E-state index contributed by atoms with van der Waals surface area (Å²) in [5, 5.41) is 9.52. The van der Waals surface area contributed by atoms with Crippen molar-refractivity contribution < 1.29 is 4.74 Å². The van der Waals surface area contributed by atoms with E-state index in [1.807, 2.05) is 6.07 Å². The molecule has 0 aromatic heterocycles. The minimum Gasteiger partial charge on any atom is -0.492 e. The average molecular weight is 356 g/mol. The van der Waals surface area contributed by atoms with Gasteiger partial charge in [-0.15, -0.1) is 0 Å². The summed E-state index contributed by atoms with van der Waals surface area (Å²) in [6, 6.07) is 8.66. The molecule has 0 aliphatic heterocycles. The molecule has 1 aliphatic carbocycles. The molecule has 2 rings (SSSR count). The Kier molecular flexibility index (Phi) is 9.61. The number of hydrogen-bond acceptors (Lipinski definition) is 2. The molecule has 0 heterocycles. The molecule has 0 amide bonds. The minimum atomic E-state index is 0.628. The summed E-state index contributed by atoms with van der Waals surface area (Å²) in [4.78, 5) is 0. The molecule has 2 nitrogen and oxygen atoms in total. The molecule has 0 atom stereocenters. The van der Waals surface area contributed by atoms with E-state index in [0.29, 0.717) is 11.5 Å². The predicted octanol–water partition coefficient (Wildman–Crippen LogP) is 7.37. The largest absolute Gasteiger partial charge is 0.492 e. The van der Waals surface area contributed by atoms with E-state index in [0.717, 1.165) is 24.7 Å². The van der Waals surface area contributed by atoms with Gasteiger partial charge in [0.15, 0.2) is 0 Å². The van der Waals surface area contributed by atoms with Gasteiger partial charge < -0.3 is 4.74 Å². The van der Waals surface area contributed by atoms with Gasteiger partial charge in [-0.1, -0.05) is 64.9 Å². The lowest BCUT2D eigenvalue weighted by atomic mass is 9.77. The Morgan fingerprint density at radius 3 is 2.38 bits per heavy atom. The van der Waals surface area contributed by atoms with E-state index in [9.17, 15) is 5.26 Å². The zero-order valence-corrected chi connectivity index (χ0v) is 16.9. The Bertz CT molecular complexity index is 552. The van der Waals surface area contributed by atoms with Gasteiger partial charge in [-0.3, -0.25) is 0 Å². The molecule has 1 fully saturated rings.